The van der Waals surface area contributed by atoms with Crippen LogP contribution in [0.5, 0.6) is 0 Å². The summed E-state index contributed by atoms with van der Waals surface area (Å²) < 4.78 is 0. The Morgan fingerprint density at radius 2 is 0.368 bits per heavy atom. The van der Waals surface area contributed by atoms with Crippen molar-refractivity contribution >= 4 is 86.2 Å². The molecule has 0 amide bonds. The molecule has 68 heavy (non-hydrogen) atoms. The molecule has 10 aromatic rings. The second kappa shape index (κ2) is 22.1. The zero-order chi connectivity index (χ0) is 46.1. The van der Waals surface area contributed by atoms with Gasteiger partial charge in [-0.2, -0.15) is 0 Å². The van der Waals surface area contributed by atoms with E-state index in [1.807, 2.05) is 0 Å². The highest BCUT2D eigenvalue weighted by atomic mass is 14.2. The van der Waals surface area contributed by atoms with E-state index in [9.17, 15) is 0 Å². The van der Waals surface area contributed by atoms with Gasteiger partial charge >= 0.3 is 0 Å². The van der Waals surface area contributed by atoms with Crippen LogP contribution < -0.4 is 0 Å². The Labute approximate surface area is 407 Å². The fourth-order valence-electron chi connectivity index (χ4n) is 12.1. The molecule has 346 valence electrons. The molecule has 0 heterocycles. The minimum atomic E-state index is 1.15. The first kappa shape index (κ1) is 46.0. The molecule has 0 N–H and O–H groups in total. The van der Waals surface area contributed by atoms with Crippen molar-refractivity contribution in [2.75, 3.05) is 0 Å². The van der Waals surface area contributed by atoms with Crippen LogP contribution in [0.1, 0.15) is 152 Å². The normalized spacial score (nSPS) is 12.1. The van der Waals surface area contributed by atoms with E-state index >= 15 is 0 Å². The molecule has 0 spiro atoms. The molecule has 0 saturated carbocycles. The van der Waals surface area contributed by atoms with E-state index in [0.29, 0.717) is 0 Å². The SMILES string of the molecule is CCCCCCc1c2cc3ccccc3cc2c(CCCCCCCCCCCCc2c3cc4ccccc4cc3c(CCCCCC)c3cc4ccccc4cc23)c2cc3ccccc3cc12. The van der Waals surface area contributed by atoms with Crippen molar-refractivity contribution in [3.8, 4) is 0 Å². The lowest BCUT2D eigenvalue weighted by Gasteiger charge is -2.19. The van der Waals surface area contributed by atoms with E-state index in [-0.39, 0.29) is 0 Å². The molecule has 0 saturated heterocycles. The standard InChI is InChI=1S/C68H74/c1-3-5-7-17-37-57-61-41-49-29-21-25-33-53(49)45-65(61)59(66-46-54-34-26-22-30-50(54)42-62(57)66)39-19-15-13-11-9-10-12-14-16-20-40-60-67-47-55-35-27-23-31-51(55)43-63(67)58(38-18-8-6-4-2)64-44-52-32-24-28-36-56(52)48-68(60)64/h21-36,41-48H,3-20,37-40H2,1-2H3. The van der Waals surface area contributed by atoms with Gasteiger partial charge in [0.1, 0.15) is 0 Å². The first-order chi connectivity index (χ1) is 33.7. The van der Waals surface area contributed by atoms with Crippen molar-refractivity contribution in [1.82, 2.24) is 0 Å². The summed E-state index contributed by atoms with van der Waals surface area (Å²) in [7, 11) is 0. The topological polar surface area (TPSA) is 0 Å². The lowest BCUT2D eigenvalue weighted by atomic mass is 9.85. The Bertz CT molecular complexity index is 2910. The summed E-state index contributed by atoms with van der Waals surface area (Å²) in [5, 5.41) is 22.9. The molecule has 0 atom stereocenters. The van der Waals surface area contributed by atoms with Crippen LogP contribution in [0.25, 0.3) is 86.2 Å². The van der Waals surface area contributed by atoms with Gasteiger partial charge in [0.15, 0.2) is 0 Å². The summed E-state index contributed by atoms with van der Waals surface area (Å²) in [5.74, 6) is 0. The van der Waals surface area contributed by atoms with Crippen LogP contribution in [0.2, 0.25) is 0 Å². The predicted molar refractivity (Wildman–Crippen MR) is 302 cm³/mol. The quantitative estimate of drug-likeness (QED) is 0.0443. The summed E-state index contributed by atoms with van der Waals surface area (Å²) in [6, 6.07) is 56.3. The van der Waals surface area contributed by atoms with E-state index in [1.54, 1.807) is 22.3 Å². The largest absolute Gasteiger partial charge is 0.0654 e. The first-order valence-electron chi connectivity index (χ1n) is 27.3. The van der Waals surface area contributed by atoms with Gasteiger partial charge in [-0.15, -0.1) is 0 Å². The summed E-state index contributed by atoms with van der Waals surface area (Å²) >= 11 is 0. The molecule has 10 aromatic carbocycles. The first-order valence-corrected chi connectivity index (χ1v) is 27.3. The second-order valence-corrected chi connectivity index (χ2v) is 20.6. The summed E-state index contributed by atoms with van der Waals surface area (Å²) in [5.41, 5.74) is 6.28. The van der Waals surface area contributed by atoms with E-state index in [4.69, 9.17) is 0 Å². The van der Waals surface area contributed by atoms with E-state index in [1.165, 1.54) is 202 Å². The lowest BCUT2D eigenvalue weighted by molar-refractivity contribution is 0.552. The predicted octanol–water partition coefficient (Wildman–Crippen LogP) is 20.8. The molecule has 0 nitrogen and oxygen atoms in total. The number of unbranched alkanes of at least 4 members (excludes halogenated alkanes) is 15. The third kappa shape index (κ3) is 10.0. The molecule has 10 rings (SSSR count). The molecule has 0 aliphatic rings. The highest BCUT2D eigenvalue weighted by molar-refractivity contribution is 6.15. The number of benzene rings is 10. The van der Waals surface area contributed by atoms with E-state index < -0.39 is 0 Å². The number of aryl methyl sites for hydroxylation is 4. The fourth-order valence-corrected chi connectivity index (χ4v) is 12.1. The number of hydrogen-bond acceptors (Lipinski definition) is 0. The number of fused-ring (bicyclic) bond motifs is 8. The Morgan fingerprint density at radius 1 is 0.206 bits per heavy atom. The van der Waals surface area contributed by atoms with E-state index in [2.05, 4.69) is 159 Å². The highest BCUT2D eigenvalue weighted by Gasteiger charge is 2.18. The zero-order valence-electron chi connectivity index (χ0n) is 41.4. The molecule has 0 aliphatic heterocycles. The Hall–Kier alpha value is -5.72. The van der Waals surface area contributed by atoms with Gasteiger partial charge in [0.25, 0.3) is 0 Å². The third-order valence-electron chi connectivity index (χ3n) is 15.8. The number of hydrogen-bond donors (Lipinski definition) is 0. The van der Waals surface area contributed by atoms with Gasteiger partial charge in [-0.3, -0.25) is 0 Å². The summed E-state index contributed by atoms with van der Waals surface area (Å²) in [6.07, 6.45) is 28.2. The van der Waals surface area contributed by atoms with Gasteiger partial charge < -0.3 is 0 Å². The van der Waals surface area contributed by atoms with Crippen LogP contribution in [0.15, 0.2) is 146 Å². The average Bonchev–Trinajstić information content (AvgIpc) is 3.37. The van der Waals surface area contributed by atoms with Crippen molar-refractivity contribution in [2.45, 2.75) is 155 Å². The van der Waals surface area contributed by atoms with Crippen LogP contribution in [-0.4, -0.2) is 0 Å². The minimum Gasteiger partial charge on any atom is -0.0654 e. The van der Waals surface area contributed by atoms with E-state index in [0.717, 1.165) is 25.7 Å². The molecule has 0 aliphatic carbocycles. The van der Waals surface area contributed by atoms with Gasteiger partial charge in [-0.05, 0) is 208 Å². The molecular formula is C68H74. The van der Waals surface area contributed by atoms with Crippen LogP contribution in [-0.2, 0) is 25.7 Å². The van der Waals surface area contributed by atoms with Crippen LogP contribution in [0.3, 0.4) is 0 Å². The molecule has 0 aromatic heterocycles. The van der Waals surface area contributed by atoms with Gasteiger partial charge in [0.2, 0.25) is 0 Å². The van der Waals surface area contributed by atoms with Crippen molar-refractivity contribution in [2.24, 2.45) is 0 Å². The maximum atomic E-state index is 2.53. The molecule has 0 bridgehead atoms. The average molecular weight is 891 g/mol. The Kier molecular flexibility index (Phi) is 15.0. The van der Waals surface area contributed by atoms with Crippen LogP contribution >= 0.6 is 0 Å². The minimum absolute atomic E-state index is 1.15. The molecule has 0 radical (unpaired) electrons. The molecule has 0 heteroatoms. The van der Waals surface area contributed by atoms with Crippen molar-refractivity contribution in [3.63, 3.8) is 0 Å². The van der Waals surface area contributed by atoms with Crippen LogP contribution in [0.4, 0.5) is 0 Å². The molecular weight excluding hydrogens is 817 g/mol. The summed E-state index contributed by atoms with van der Waals surface area (Å²) in [4.78, 5) is 0. The second-order valence-electron chi connectivity index (χ2n) is 20.6. The molecule has 0 fully saturated rings. The van der Waals surface area contributed by atoms with Crippen LogP contribution in [0, 0.1) is 0 Å². The van der Waals surface area contributed by atoms with Gasteiger partial charge in [0, 0.05) is 0 Å². The fraction of sp³-hybridized carbons (Fsp3) is 0.353. The lowest BCUT2D eigenvalue weighted by Crippen LogP contribution is -1.98. The van der Waals surface area contributed by atoms with Gasteiger partial charge in [0.05, 0.1) is 0 Å². The maximum absolute atomic E-state index is 2.53. The maximum Gasteiger partial charge on any atom is -0.0136 e. The Morgan fingerprint density at radius 3 is 0.544 bits per heavy atom. The summed E-state index contributed by atoms with van der Waals surface area (Å²) in [6.45, 7) is 4.64. The van der Waals surface area contributed by atoms with Crippen molar-refractivity contribution in [1.29, 1.82) is 0 Å². The smallest absolute Gasteiger partial charge is 0.0136 e. The molecule has 0 unspecified atom stereocenters. The highest BCUT2D eigenvalue weighted by Crippen LogP contribution is 2.41. The van der Waals surface area contributed by atoms with Crippen molar-refractivity contribution in [3.05, 3.63) is 168 Å². The van der Waals surface area contributed by atoms with Gasteiger partial charge in [-0.1, -0.05) is 201 Å². The van der Waals surface area contributed by atoms with Crippen molar-refractivity contribution < 1.29 is 0 Å². The monoisotopic (exact) mass is 891 g/mol. The Balaban J connectivity index is 0.779. The zero-order valence-corrected chi connectivity index (χ0v) is 41.4. The van der Waals surface area contributed by atoms with Gasteiger partial charge in [-0.25, -0.2) is 0 Å². The number of rotatable bonds is 23. The third-order valence-corrected chi connectivity index (χ3v) is 15.8.